The lowest BCUT2D eigenvalue weighted by Crippen LogP contribution is -2.14. The number of nitrogens with zero attached hydrogens (tertiary/aromatic N) is 1. The zero-order valence-corrected chi connectivity index (χ0v) is 11.3. The van der Waals surface area contributed by atoms with Crippen molar-refractivity contribution in [3.05, 3.63) is 46.4 Å². The molecule has 0 aliphatic heterocycles. The second-order valence-electron chi connectivity index (χ2n) is 5.13. The lowest BCUT2D eigenvalue weighted by atomic mass is 9.86. The highest BCUT2D eigenvalue weighted by Crippen LogP contribution is 2.29. The minimum Gasteiger partial charge on any atom is -0.379 e. The highest BCUT2D eigenvalue weighted by atomic mass is 32.1. The van der Waals surface area contributed by atoms with Gasteiger partial charge in [0.15, 0.2) is 0 Å². The summed E-state index contributed by atoms with van der Waals surface area (Å²) in [7, 11) is 0. The Labute approximate surface area is 107 Å². The molecule has 0 saturated heterocycles. The number of hydrogen-bond donors (Lipinski definition) is 1. The third-order valence-corrected chi connectivity index (χ3v) is 3.31. The summed E-state index contributed by atoms with van der Waals surface area (Å²) in [4.78, 5) is 4.28. The van der Waals surface area contributed by atoms with E-state index in [9.17, 15) is 0 Å². The van der Waals surface area contributed by atoms with Gasteiger partial charge in [0.1, 0.15) is 0 Å². The van der Waals surface area contributed by atoms with E-state index in [0.29, 0.717) is 0 Å². The van der Waals surface area contributed by atoms with Gasteiger partial charge < -0.3 is 5.32 Å². The molecule has 0 spiro atoms. The molecule has 3 heteroatoms. The molecule has 1 aromatic carbocycles. The molecule has 0 aliphatic carbocycles. The summed E-state index contributed by atoms with van der Waals surface area (Å²) in [6.07, 6.45) is 0. The van der Waals surface area contributed by atoms with E-state index in [0.717, 1.165) is 12.2 Å². The van der Waals surface area contributed by atoms with Gasteiger partial charge in [0.2, 0.25) is 0 Å². The Bertz CT molecular complexity index is 469. The van der Waals surface area contributed by atoms with Gasteiger partial charge in [-0.25, -0.2) is 4.98 Å². The fraction of sp³-hybridized carbons (Fsp3) is 0.357. The number of hydrogen-bond acceptors (Lipinski definition) is 3. The summed E-state index contributed by atoms with van der Waals surface area (Å²) >= 11 is 1.63. The van der Waals surface area contributed by atoms with Crippen molar-refractivity contribution in [3.63, 3.8) is 0 Å². The summed E-state index contributed by atoms with van der Waals surface area (Å²) < 4.78 is 0. The summed E-state index contributed by atoms with van der Waals surface area (Å²) in [6, 6.07) is 8.48. The SMILES string of the molecule is CC(C)(C)c1ccccc1NCc1cscn1. The minimum atomic E-state index is 0.158. The zero-order chi connectivity index (χ0) is 12.3. The smallest absolute Gasteiger partial charge is 0.0795 e. The maximum absolute atomic E-state index is 4.28. The van der Waals surface area contributed by atoms with Gasteiger partial charge in [-0.15, -0.1) is 11.3 Å². The monoisotopic (exact) mass is 246 g/mol. The van der Waals surface area contributed by atoms with Gasteiger partial charge in [0.25, 0.3) is 0 Å². The van der Waals surface area contributed by atoms with E-state index in [-0.39, 0.29) is 5.41 Å². The van der Waals surface area contributed by atoms with Crippen LogP contribution in [0.4, 0.5) is 5.69 Å². The molecule has 1 heterocycles. The second kappa shape index (κ2) is 4.88. The molecule has 1 aromatic heterocycles. The quantitative estimate of drug-likeness (QED) is 0.883. The van der Waals surface area contributed by atoms with Crippen molar-refractivity contribution >= 4 is 17.0 Å². The first-order valence-electron chi connectivity index (χ1n) is 5.78. The van der Waals surface area contributed by atoms with Crippen molar-refractivity contribution in [3.8, 4) is 0 Å². The molecular formula is C14H18N2S. The highest BCUT2D eigenvalue weighted by Gasteiger charge is 2.17. The highest BCUT2D eigenvalue weighted by molar-refractivity contribution is 7.07. The van der Waals surface area contributed by atoms with Crippen LogP contribution >= 0.6 is 11.3 Å². The fourth-order valence-corrected chi connectivity index (χ4v) is 2.36. The molecule has 0 unspecified atom stereocenters. The molecule has 0 amide bonds. The van der Waals surface area contributed by atoms with E-state index in [2.05, 4.69) is 60.7 Å². The number of rotatable bonds is 3. The van der Waals surface area contributed by atoms with Gasteiger partial charge in [-0.1, -0.05) is 39.0 Å². The minimum absolute atomic E-state index is 0.158. The van der Waals surface area contributed by atoms with Crippen molar-refractivity contribution in [2.45, 2.75) is 32.7 Å². The number of anilines is 1. The molecule has 17 heavy (non-hydrogen) atoms. The van der Waals surface area contributed by atoms with Crippen LogP contribution in [0, 0.1) is 0 Å². The Morgan fingerprint density at radius 3 is 2.65 bits per heavy atom. The largest absolute Gasteiger partial charge is 0.379 e. The lowest BCUT2D eigenvalue weighted by Gasteiger charge is -2.23. The van der Waals surface area contributed by atoms with Crippen molar-refractivity contribution in [2.24, 2.45) is 0 Å². The predicted molar refractivity (Wildman–Crippen MR) is 74.6 cm³/mol. The summed E-state index contributed by atoms with van der Waals surface area (Å²) in [6.45, 7) is 7.49. The number of aromatic nitrogens is 1. The van der Waals surface area contributed by atoms with Crippen LogP contribution in [-0.4, -0.2) is 4.98 Å². The molecule has 0 bridgehead atoms. The predicted octanol–water partition coefficient (Wildman–Crippen LogP) is 4.05. The number of nitrogens with one attached hydrogen (secondary N) is 1. The maximum atomic E-state index is 4.28. The third-order valence-electron chi connectivity index (χ3n) is 2.68. The Morgan fingerprint density at radius 2 is 2.00 bits per heavy atom. The van der Waals surface area contributed by atoms with Crippen LogP contribution in [0.1, 0.15) is 32.0 Å². The van der Waals surface area contributed by atoms with E-state index < -0.39 is 0 Å². The normalized spacial score (nSPS) is 11.5. The Balaban J connectivity index is 2.16. The van der Waals surface area contributed by atoms with Crippen molar-refractivity contribution < 1.29 is 0 Å². The zero-order valence-electron chi connectivity index (χ0n) is 10.5. The molecule has 1 N–H and O–H groups in total. The topological polar surface area (TPSA) is 24.9 Å². The van der Waals surface area contributed by atoms with E-state index in [1.54, 1.807) is 11.3 Å². The molecule has 0 radical (unpaired) electrons. The molecule has 0 aliphatic rings. The van der Waals surface area contributed by atoms with Crippen molar-refractivity contribution in [1.82, 2.24) is 4.98 Å². The van der Waals surface area contributed by atoms with Crippen LogP contribution in [-0.2, 0) is 12.0 Å². The number of para-hydroxylation sites is 1. The van der Waals surface area contributed by atoms with Crippen LogP contribution < -0.4 is 5.32 Å². The molecule has 0 fully saturated rings. The van der Waals surface area contributed by atoms with E-state index in [1.165, 1.54) is 11.3 Å². The van der Waals surface area contributed by atoms with Crippen molar-refractivity contribution in [1.29, 1.82) is 0 Å². The van der Waals surface area contributed by atoms with Gasteiger partial charge in [0, 0.05) is 11.1 Å². The van der Waals surface area contributed by atoms with Gasteiger partial charge in [0.05, 0.1) is 17.7 Å². The van der Waals surface area contributed by atoms with Crippen LogP contribution in [0.25, 0.3) is 0 Å². The van der Waals surface area contributed by atoms with Crippen LogP contribution in [0.3, 0.4) is 0 Å². The van der Waals surface area contributed by atoms with Crippen molar-refractivity contribution in [2.75, 3.05) is 5.32 Å². The van der Waals surface area contributed by atoms with E-state index >= 15 is 0 Å². The number of benzene rings is 1. The average molecular weight is 246 g/mol. The van der Waals surface area contributed by atoms with Gasteiger partial charge in [-0.3, -0.25) is 0 Å². The fourth-order valence-electron chi connectivity index (χ4n) is 1.80. The summed E-state index contributed by atoms with van der Waals surface area (Å²) in [5, 5.41) is 5.54. The Morgan fingerprint density at radius 1 is 1.24 bits per heavy atom. The standard InChI is InChI=1S/C14H18N2S/c1-14(2,3)12-6-4-5-7-13(12)15-8-11-9-17-10-16-11/h4-7,9-10,15H,8H2,1-3H3. The molecule has 2 nitrogen and oxygen atoms in total. The van der Waals surface area contributed by atoms with Crippen LogP contribution in [0.5, 0.6) is 0 Å². The van der Waals surface area contributed by atoms with Gasteiger partial charge in [-0.05, 0) is 17.0 Å². The van der Waals surface area contributed by atoms with E-state index in [4.69, 9.17) is 0 Å². The summed E-state index contributed by atoms with van der Waals surface area (Å²) in [5.41, 5.74) is 5.67. The first-order valence-corrected chi connectivity index (χ1v) is 6.72. The molecule has 0 saturated carbocycles. The Kier molecular flexibility index (Phi) is 3.48. The van der Waals surface area contributed by atoms with Gasteiger partial charge >= 0.3 is 0 Å². The molecule has 90 valence electrons. The van der Waals surface area contributed by atoms with E-state index in [1.807, 2.05) is 5.51 Å². The molecular weight excluding hydrogens is 228 g/mol. The summed E-state index contributed by atoms with van der Waals surface area (Å²) in [5.74, 6) is 0. The van der Waals surface area contributed by atoms with Gasteiger partial charge in [-0.2, -0.15) is 0 Å². The third kappa shape index (κ3) is 3.07. The van der Waals surface area contributed by atoms with Crippen LogP contribution in [0.2, 0.25) is 0 Å². The molecule has 2 aromatic rings. The number of thiazole rings is 1. The second-order valence-corrected chi connectivity index (χ2v) is 5.85. The Hall–Kier alpha value is -1.35. The molecule has 2 rings (SSSR count). The molecule has 0 atom stereocenters. The van der Waals surface area contributed by atoms with Crippen LogP contribution in [0.15, 0.2) is 35.2 Å². The first-order chi connectivity index (χ1) is 8.07. The first kappa shape index (κ1) is 12.1. The maximum Gasteiger partial charge on any atom is 0.0795 e. The lowest BCUT2D eigenvalue weighted by molar-refractivity contribution is 0.591. The average Bonchev–Trinajstić information content (AvgIpc) is 2.78.